The maximum Gasteiger partial charge on any atom is 0.234 e. The number of hydrogen-bond acceptors (Lipinski definition) is 3. The topological polar surface area (TPSA) is 57.8 Å². The number of thioether (sulfide) groups is 1. The first-order chi connectivity index (χ1) is 12.2. The van der Waals surface area contributed by atoms with E-state index in [9.17, 15) is 4.79 Å². The first kappa shape index (κ1) is 17.5. The Morgan fingerprint density at radius 3 is 2.68 bits per heavy atom. The van der Waals surface area contributed by atoms with Crippen LogP contribution < -0.4 is 5.32 Å². The fourth-order valence-electron chi connectivity index (χ4n) is 2.69. The van der Waals surface area contributed by atoms with Gasteiger partial charge in [-0.1, -0.05) is 37.6 Å². The van der Waals surface area contributed by atoms with Gasteiger partial charge in [-0.25, -0.2) is 4.98 Å². The van der Waals surface area contributed by atoms with Crippen LogP contribution in [0.15, 0.2) is 48.5 Å². The van der Waals surface area contributed by atoms with E-state index in [1.165, 1.54) is 5.56 Å². The van der Waals surface area contributed by atoms with Crippen molar-refractivity contribution in [1.82, 2.24) is 9.97 Å². The number of fused-ring (bicyclic) bond motifs is 1. The number of nitrogens with zero attached hydrogens (tertiary/aromatic N) is 1. The van der Waals surface area contributed by atoms with E-state index in [0.29, 0.717) is 5.75 Å². The summed E-state index contributed by atoms with van der Waals surface area (Å²) in [6.07, 6.45) is 2.20. The minimum atomic E-state index is 0.0104. The minimum Gasteiger partial charge on any atom is -0.341 e. The van der Waals surface area contributed by atoms with Gasteiger partial charge in [0.2, 0.25) is 5.91 Å². The van der Waals surface area contributed by atoms with Crippen LogP contribution in [0.2, 0.25) is 0 Å². The Morgan fingerprint density at radius 1 is 1.20 bits per heavy atom. The normalized spacial score (nSPS) is 12.2. The number of para-hydroxylation sites is 2. The minimum absolute atomic E-state index is 0.0104. The fourth-order valence-corrected chi connectivity index (χ4v) is 3.43. The Labute approximate surface area is 152 Å². The summed E-state index contributed by atoms with van der Waals surface area (Å²) >= 11 is 1.58. The van der Waals surface area contributed by atoms with Crippen LogP contribution in [0.5, 0.6) is 0 Å². The van der Waals surface area contributed by atoms with E-state index in [1.807, 2.05) is 36.4 Å². The van der Waals surface area contributed by atoms with E-state index in [-0.39, 0.29) is 11.2 Å². The van der Waals surface area contributed by atoms with Gasteiger partial charge in [0.1, 0.15) is 5.82 Å². The van der Waals surface area contributed by atoms with Crippen LogP contribution >= 0.6 is 11.8 Å². The monoisotopic (exact) mass is 353 g/mol. The van der Waals surface area contributed by atoms with Crippen molar-refractivity contribution < 1.29 is 4.79 Å². The third kappa shape index (κ3) is 4.63. The van der Waals surface area contributed by atoms with Crippen molar-refractivity contribution in [3.8, 4) is 0 Å². The second-order valence-corrected chi connectivity index (χ2v) is 7.42. The molecular formula is C20H23N3OS. The van der Waals surface area contributed by atoms with Crippen LogP contribution in [0, 0.1) is 0 Å². The molecule has 0 radical (unpaired) electrons. The maximum absolute atomic E-state index is 12.2. The summed E-state index contributed by atoms with van der Waals surface area (Å²) in [6, 6.07) is 16.0. The molecule has 2 N–H and O–H groups in total. The molecule has 5 heteroatoms. The van der Waals surface area contributed by atoms with Gasteiger partial charge >= 0.3 is 0 Å². The first-order valence-electron chi connectivity index (χ1n) is 8.60. The van der Waals surface area contributed by atoms with Gasteiger partial charge in [0.05, 0.1) is 22.0 Å². The van der Waals surface area contributed by atoms with E-state index in [4.69, 9.17) is 0 Å². The Balaban J connectivity index is 1.52. The third-order valence-electron chi connectivity index (χ3n) is 4.03. The van der Waals surface area contributed by atoms with Gasteiger partial charge < -0.3 is 10.3 Å². The van der Waals surface area contributed by atoms with Crippen molar-refractivity contribution in [2.24, 2.45) is 0 Å². The maximum atomic E-state index is 12.2. The highest BCUT2D eigenvalue weighted by molar-refractivity contribution is 8.00. The third-order valence-corrected chi connectivity index (χ3v) is 5.19. The number of aromatic amines is 1. The van der Waals surface area contributed by atoms with E-state index in [1.54, 1.807) is 11.8 Å². The van der Waals surface area contributed by atoms with E-state index < -0.39 is 0 Å². The summed E-state index contributed by atoms with van der Waals surface area (Å²) in [5.74, 6) is 1.31. The molecule has 1 heterocycles. The molecule has 0 fully saturated rings. The zero-order valence-corrected chi connectivity index (χ0v) is 15.4. The van der Waals surface area contributed by atoms with Gasteiger partial charge in [0.15, 0.2) is 0 Å². The van der Waals surface area contributed by atoms with Crippen LogP contribution in [0.4, 0.5) is 5.69 Å². The molecule has 1 unspecified atom stereocenters. The van der Waals surface area contributed by atoms with Gasteiger partial charge in [-0.2, -0.15) is 0 Å². The predicted octanol–water partition coefficient (Wildman–Crippen LogP) is 4.95. The molecule has 0 saturated heterocycles. The number of imidazole rings is 1. The van der Waals surface area contributed by atoms with Crippen molar-refractivity contribution in [2.45, 2.75) is 31.9 Å². The van der Waals surface area contributed by atoms with Crippen molar-refractivity contribution in [1.29, 1.82) is 0 Å². The number of benzene rings is 2. The molecule has 25 heavy (non-hydrogen) atoms. The van der Waals surface area contributed by atoms with Crippen LogP contribution in [0.3, 0.4) is 0 Å². The van der Waals surface area contributed by atoms with Gasteiger partial charge in [0, 0.05) is 5.69 Å². The van der Waals surface area contributed by atoms with Crippen molar-refractivity contribution in [3.05, 3.63) is 59.9 Å². The number of rotatable bonds is 7. The van der Waals surface area contributed by atoms with E-state index in [0.717, 1.165) is 35.4 Å². The number of aromatic nitrogens is 2. The molecule has 0 aliphatic rings. The Bertz CT molecular complexity index is 809. The molecule has 3 aromatic rings. The molecule has 0 saturated carbocycles. The number of carbonyl (C=O) groups is 1. The van der Waals surface area contributed by atoms with Gasteiger partial charge in [-0.05, 0) is 43.2 Å². The quantitative estimate of drug-likeness (QED) is 0.632. The molecule has 0 bridgehead atoms. The van der Waals surface area contributed by atoms with Gasteiger partial charge in [0.25, 0.3) is 0 Å². The highest BCUT2D eigenvalue weighted by Crippen LogP contribution is 2.27. The summed E-state index contributed by atoms with van der Waals surface area (Å²) in [5, 5.41) is 3.08. The smallest absolute Gasteiger partial charge is 0.234 e. The summed E-state index contributed by atoms with van der Waals surface area (Å²) < 4.78 is 0. The van der Waals surface area contributed by atoms with Crippen molar-refractivity contribution in [2.75, 3.05) is 11.1 Å². The number of H-pyrrole nitrogens is 1. The standard InChI is InChI=1S/C20H23N3OS/c1-3-6-15-9-11-16(12-10-15)21-19(24)13-25-14(2)20-22-17-7-4-5-8-18(17)23-20/h4-5,7-12,14H,3,6,13H2,1-2H3,(H,21,24)(H,22,23). The first-order valence-corrected chi connectivity index (χ1v) is 9.65. The van der Waals surface area contributed by atoms with Gasteiger partial charge in [-0.3, -0.25) is 4.79 Å². The number of anilines is 1. The highest BCUT2D eigenvalue weighted by Gasteiger charge is 2.13. The second-order valence-electron chi connectivity index (χ2n) is 6.09. The van der Waals surface area contributed by atoms with Crippen molar-refractivity contribution in [3.63, 3.8) is 0 Å². The lowest BCUT2D eigenvalue weighted by Crippen LogP contribution is -2.14. The second kappa shape index (κ2) is 8.21. The van der Waals surface area contributed by atoms with Crippen LogP contribution in [0.25, 0.3) is 11.0 Å². The molecule has 0 aliphatic heterocycles. The number of aryl methyl sites for hydroxylation is 1. The zero-order chi connectivity index (χ0) is 17.6. The lowest BCUT2D eigenvalue weighted by Gasteiger charge is -2.09. The zero-order valence-electron chi connectivity index (χ0n) is 14.6. The molecule has 0 spiro atoms. The van der Waals surface area contributed by atoms with Gasteiger partial charge in [-0.15, -0.1) is 11.8 Å². The molecular weight excluding hydrogens is 330 g/mol. The predicted molar refractivity (Wildman–Crippen MR) is 106 cm³/mol. The molecule has 1 aromatic heterocycles. The SMILES string of the molecule is CCCc1ccc(NC(=O)CSC(C)c2nc3ccccc3[nH]2)cc1. The van der Waals surface area contributed by atoms with Crippen LogP contribution in [-0.2, 0) is 11.2 Å². The summed E-state index contributed by atoms with van der Waals surface area (Å²) in [5.41, 5.74) is 4.14. The lowest BCUT2D eigenvalue weighted by atomic mass is 10.1. The largest absolute Gasteiger partial charge is 0.341 e. The molecule has 1 atom stereocenters. The molecule has 3 rings (SSSR count). The molecule has 4 nitrogen and oxygen atoms in total. The number of amides is 1. The van der Waals surface area contributed by atoms with E-state index in [2.05, 4.69) is 41.3 Å². The number of hydrogen-bond donors (Lipinski definition) is 2. The van der Waals surface area contributed by atoms with E-state index >= 15 is 0 Å². The van der Waals surface area contributed by atoms with Crippen molar-refractivity contribution >= 4 is 34.4 Å². The number of carbonyl (C=O) groups excluding carboxylic acids is 1. The lowest BCUT2D eigenvalue weighted by molar-refractivity contribution is -0.113. The average Bonchev–Trinajstić information content (AvgIpc) is 3.06. The molecule has 1 amide bonds. The number of nitrogens with one attached hydrogen (secondary N) is 2. The fraction of sp³-hybridized carbons (Fsp3) is 0.300. The highest BCUT2D eigenvalue weighted by atomic mass is 32.2. The van der Waals surface area contributed by atoms with Crippen LogP contribution in [-0.4, -0.2) is 21.6 Å². The average molecular weight is 353 g/mol. The Kier molecular flexibility index (Phi) is 5.76. The Morgan fingerprint density at radius 2 is 1.96 bits per heavy atom. The molecule has 0 aliphatic carbocycles. The molecule has 2 aromatic carbocycles. The molecule has 130 valence electrons. The Hall–Kier alpha value is -2.27. The summed E-state index contributed by atoms with van der Waals surface area (Å²) in [7, 11) is 0. The summed E-state index contributed by atoms with van der Waals surface area (Å²) in [4.78, 5) is 20.1. The van der Waals surface area contributed by atoms with Crippen LogP contribution in [0.1, 0.15) is 36.9 Å². The summed E-state index contributed by atoms with van der Waals surface area (Å²) in [6.45, 7) is 4.23.